The van der Waals surface area contributed by atoms with Gasteiger partial charge in [-0.2, -0.15) is 0 Å². The van der Waals surface area contributed by atoms with Gasteiger partial charge in [0.1, 0.15) is 18.0 Å². The fourth-order valence-corrected chi connectivity index (χ4v) is 3.20. The monoisotopic (exact) mass is 350 g/mol. The van der Waals surface area contributed by atoms with Crippen LogP contribution in [0, 0.1) is 0 Å². The first kappa shape index (κ1) is 16.8. The van der Waals surface area contributed by atoms with Gasteiger partial charge in [-0.3, -0.25) is 4.99 Å². The molecule has 0 unspecified atom stereocenters. The van der Waals surface area contributed by atoms with E-state index >= 15 is 0 Å². The smallest absolute Gasteiger partial charge is 0.134 e. The molecule has 0 aromatic carbocycles. The van der Waals surface area contributed by atoms with Gasteiger partial charge in [-0.1, -0.05) is 12.6 Å². The van der Waals surface area contributed by atoms with Crippen LogP contribution in [0.25, 0.3) is 12.7 Å². The fourth-order valence-electron chi connectivity index (χ4n) is 2.24. The molecule has 0 fully saturated rings. The fraction of sp³-hybridized carbons (Fsp3) is 0.111. The van der Waals surface area contributed by atoms with Gasteiger partial charge >= 0.3 is 0 Å². The van der Waals surface area contributed by atoms with Gasteiger partial charge in [0.05, 0.1) is 22.5 Å². The lowest BCUT2D eigenvalue weighted by atomic mass is 10.2. The molecule has 3 aromatic rings. The Morgan fingerprint density at radius 1 is 1.28 bits per heavy atom. The van der Waals surface area contributed by atoms with Crippen LogP contribution in [0.3, 0.4) is 0 Å². The zero-order valence-electron chi connectivity index (χ0n) is 13.8. The molecule has 3 aromatic heterocycles. The van der Waals surface area contributed by atoms with E-state index < -0.39 is 0 Å². The molecule has 25 heavy (non-hydrogen) atoms. The molecule has 6 nitrogen and oxygen atoms in total. The second-order valence-corrected chi connectivity index (χ2v) is 6.38. The Balaban J connectivity index is 1.82. The van der Waals surface area contributed by atoms with Crippen LogP contribution in [-0.4, -0.2) is 27.7 Å². The topological polar surface area (TPSA) is 89.1 Å². The number of anilines is 2. The lowest BCUT2D eigenvalue weighted by molar-refractivity contribution is 1.11. The maximum Gasteiger partial charge on any atom is 0.134 e. The number of hydrogen-bond acceptors (Lipinski definition) is 7. The van der Waals surface area contributed by atoms with Gasteiger partial charge in [0.2, 0.25) is 0 Å². The molecule has 0 bridgehead atoms. The van der Waals surface area contributed by atoms with E-state index in [2.05, 4.69) is 37.9 Å². The summed E-state index contributed by atoms with van der Waals surface area (Å²) < 4.78 is 0. The van der Waals surface area contributed by atoms with Crippen LogP contribution < -0.4 is 21.6 Å². The van der Waals surface area contributed by atoms with E-state index in [1.165, 1.54) is 11.2 Å². The van der Waals surface area contributed by atoms with E-state index in [1.807, 2.05) is 30.3 Å². The highest BCUT2D eigenvalue weighted by molar-refractivity contribution is 7.14. The molecule has 7 heteroatoms. The van der Waals surface area contributed by atoms with Crippen LogP contribution in [0.1, 0.15) is 9.75 Å². The summed E-state index contributed by atoms with van der Waals surface area (Å²) in [6, 6.07) is 9.90. The van der Waals surface area contributed by atoms with Crippen molar-refractivity contribution >= 4 is 41.3 Å². The Hall–Kier alpha value is -3.06. The van der Waals surface area contributed by atoms with E-state index in [0.717, 1.165) is 16.4 Å². The first-order chi connectivity index (χ1) is 12.2. The molecule has 0 atom stereocenters. The normalized spacial score (nSPS) is 12.4. The molecule has 3 N–H and O–H groups in total. The first-order valence-corrected chi connectivity index (χ1v) is 8.47. The molecular weight excluding hydrogens is 332 g/mol. The van der Waals surface area contributed by atoms with E-state index in [9.17, 15) is 0 Å². The largest absolute Gasteiger partial charge is 0.383 e. The quantitative estimate of drug-likeness (QED) is 0.680. The zero-order chi connectivity index (χ0) is 17.6. The number of rotatable bonds is 5. The number of thiophene rings is 1. The number of pyridine rings is 1. The van der Waals surface area contributed by atoms with Gasteiger partial charge in [0.15, 0.2) is 0 Å². The predicted molar refractivity (Wildman–Crippen MR) is 104 cm³/mol. The molecule has 0 aliphatic heterocycles. The van der Waals surface area contributed by atoms with Crippen molar-refractivity contribution in [3.8, 4) is 0 Å². The first-order valence-electron chi connectivity index (χ1n) is 7.65. The van der Waals surface area contributed by atoms with Gasteiger partial charge in [-0.25, -0.2) is 15.0 Å². The van der Waals surface area contributed by atoms with E-state index in [-0.39, 0.29) is 0 Å². The van der Waals surface area contributed by atoms with Crippen LogP contribution >= 0.6 is 11.3 Å². The Morgan fingerprint density at radius 2 is 2.16 bits per heavy atom. The maximum atomic E-state index is 5.93. The van der Waals surface area contributed by atoms with Crippen molar-refractivity contribution in [1.82, 2.24) is 15.0 Å². The summed E-state index contributed by atoms with van der Waals surface area (Å²) in [6.07, 6.45) is 5.05. The average molecular weight is 350 g/mol. The minimum atomic E-state index is 0.398. The summed E-state index contributed by atoms with van der Waals surface area (Å²) >= 11 is 1.66. The standard InChI is InChI=1S/C18H18N6S/c1-12-14(18(19)24-11-23-12)9-15(20-2)16-7-6-13(25-16)10-22-17-5-3-4-8-21-17/h3-9,11H,1,10H2,2H3,(H,21,22)(H2,19,23,24)/b14-9+,20-15+. The van der Waals surface area contributed by atoms with E-state index in [4.69, 9.17) is 5.73 Å². The second kappa shape index (κ2) is 7.67. The lowest BCUT2D eigenvalue weighted by Crippen LogP contribution is -2.31. The number of nitrogens with one attached hydrogen (secondary N) is 1. The number of hydrogen-bond donors (Lipinski definition) is 2. The predicted octanol–water partition coefficient (Wildman–Crippen LogP) is 1.44. The Kier molecular flexibility index (Phi) is 5.15. The van der Waals surface area contributed by atoms with Crippen molar-refractivity contribution in [2.24, 2.45) is 4.99 Å². The SMILES string of the molecule is C=c1ncnc(N)/c1=C/C(=N\C)c1ccc(CNc2ccccn2)s1. The zero-order valence-corrected chi connectivity index (χ0v) is 14.6. The molecule has 3 rings (SSSR count). The molecular formula is C18H18N6S. The van der Waals surface area contributed by atoms with Crippen LogP contribution in [0.4, 0.5) is 11.6 Å². The van der Waals surface area contributed by atoms with Crippen molar-refractivity contribution in [2.75, 3.05) is 18.1 Å². The van der Waals surface area contributed by atoms with Crippen LogP contribution in [-0.2, 0) is 6.54 Å². The highest BCUT2D eigenvalue weighted by atomic mass is 32.1. The minimum Gasteiger partial charge on any atom is -0.383 e. The third kappa shape index (κ3) is 4.07. The summed E-state index contributed by atoms with van der Waals surface area (Å²) in [6.45, 7) is 4.60. The van der Waals surface area contributed by atoms with Gasteiger partial charge < -0.3 is 11.1 Å². The molecule has 0 saturated carbocycles. The average Bonchev–Trinajstić information content (AvgIpc) is 3.09. The Morgan fingerprint density at radius 3 is 2.88 bits per heavy atom. The molecule has 3 heterocycles. The Labute approximate surface area is 149 Å². The highest BCUT2D eigenvalue weighted by Crippen LogP contribution is 2.19. The van der Waals surface area contributed by atoms with E-state index in [1.54, 1.807) is 24.6 Å². The number of aliphatic imine (C=N–C) groups is 1. The lowest BCUT2D eigenvalue weighted by Gasteiger charge is -2.02. The molecule has 0 spiro atoms. The molecule has 0 amide bonds. The highest BCUT2D eigenvalue weighted by Gasteiger charge is 2.06. The maximum absolute atomic E-state index is 5.93. The van der Waals surface area contributed by atoms with Crippen LogP contribution in [0.5, 0.6) is 0 Å². The van der Waals surface area contributed by atoms with Crippen molar-refractivity contribution in [3.05, 3.63) is 63.2 Å². The number of aromatic nitrogens is 3. The minimum absolute atomic E-state index is 0.398. The van der Waals surface area contributed by atoms with Gasteiger partial charge in [-0.05, 0) is 30.3 Å². The van der Waals surface area contributed by atoms with Gasteiger partial charge in [-0.15, -0.1) is 11.3 Å². The van der Waals surface area contributed by atoms with E-state index in [0.29, 0.717) is 22.9 Å². The summed E-state index contributed by atoms with van der Waals surface area (Å²) in [4.78, 5) is 19.0. The Bertz CT molecular complexity index is 994. The summed E-state index contributed by atoms with van der Waals surface area (Å²) in [7, 11) is 1.75. The van der Waals surface area contributed by atoms with Gasteiger partial charge in [0, 0.05) is 23.3 Å². The number of nitrogens with zero attached hydrogens (tertiary/aromatic N) is 4. The summed E-state index contributed by atoms with van der Waals surface area (Å²) in [5.41, 5.74) is 6.75. The molecule has 0 aliphatic carbocycles. The molecule has 0 aliphatic rings. The van der Waals surface area contributed by atoms with Gasteiger partial charge in [0.25, 0.3) is 0 Å². The van der Waals surface area contributed by atoms with Crippen LogP contribution in [0.2, 0.25) is 0 Å². The number of nitrogens with two attached hydrogens (primary N) is 1. The van der Waals surface area contributed by atoms with Crippen molar-refractivity contribution < 1.29 is 0 Å². The van der Waals surface area contributed by atoms with Crippen LogP contribution in [0.15, 0.2) is 47.8 Å². The molecule has 0 saturated heterocycles. The van der Waals surface area contributed by atoms with Crippen molar-refractivity contribution in [3.63, 3.8) is 0 Å². The molecule has 126 valence electrons. The number of nitrogen functional groups attached to an aromatic ring is 1. The summed E-state index contributed by atoms with van der Waals surface area (Å²) in [5.74, 6) is 1.25. The van der Waals surface area contributed by atoms with Crippen molar-refractivity contribution in [1.29, 1.82) is 0 Å². The second-order valence-electron chi connectivity index (χ2n) is 5.21. The molecule has 0 radical (unpaired) electrons. The summed E-state index contributed by atoms with van der Waals surface area (Å²) in [5, 5.41) is 4.58. The third-order valence-corrected chi connectivity index (χ3v) is 4.65. The third-order valence-electron chi connectivity index (χ3n) is 3.54. The van der Waals surface area contributed by atoms with Crippen molar-refractivity contribution in [2.45, 2.75) is 6.54 Å².